The van der Waals surface area contributed by atoms with Crippen LogP contribution in [0.5, 0.6) is 0 Å². The molecule has 0 atom stereocenters. The Hall–Kier alpha value is -1.20. The maximum Gasteiger partial charge on any atom is 0.156 e. The number of hydrogen-bond donors (Lipinski definition) is 0. The summed E-state index contributed by atoms with van der Waals surface area (Å²) in [5, 5.41) is 0.196. The van der Waals surface area contributed by atoms with Crippen LogP contribution < -0.4 is 4.90 Å². The summed E-state index contributed by atoms with van der Waals surface area (Å²) in [5.74, 6) is 0.591. The van der Waals surface area contributed by atoms with Crippen LogP contribution in [-0.4, -0.2) is 42.6 Å². The molecule has 1 aromatic heterocycles. The van der Waals surface area contributed by atoms with Gasteiger partial charge >= 0.3 is 0 Å². The van der Waals surface area contributed by atoms with Crippen LogP contribution in [-0.2, 0) is 4.74 Å². The third kappa shape index (κ3) is 2.08. The summed E-state index contributed by atoms with van der Waals surface area (Å²) in [6.45, 7) is 2.71. The van der Waals surface area contributed by atoms with E-state index >= 15 is 0 Å². The quantitative estimate of drug-likeness (QED) is 0.552. The second-order valence-electron chi connectivity index (χ2n) is 3.12. The van der Waals surface area contributed by atoms with Crippen LogP contribution in [0.4, 0.5) is 5.82 Å². The highest BCUT2D eigenvalue weighted by Crippen LogP contribution is 2.21. The first-order valence-corrected chi connectivity index (χ1v) is 4.99. The van der Waals surface area contributed by atoms with E-state index in [0.29, 0.717) is 44.0 Å². The van der Waals surface area contributed by atoms with E-state index in [1.165, 1.54) is 6.33 Å². The molecule has 15 heavy (non-hydrogen) atoms. The van der Waals surface area contributed by atoms with Crippen molar-refractivity contribution in [2.24, 2.45) is 0 Å². The Labute approximate surface area is 92.0 Å². The molecule has 0 radical (unpaired) electrons. The van der Waals surface area contributed by atoms with E-state index in [1.54, 1.807) is 0 Å². The molecule has 0 N–H and O–H groups in total. The van der Waals surface area contributed by atoms with E-state index in [9.17, 15) is 4.79 Å². The molecule has 2 heterocycles. The van der Waals surface area contributed by atoms with Gasteiger partial charge in [0.15, 0.2) is 6.29 Å². The zero-order chi connectivity index (χ0) is 10.7. The zero-order valence-electron chi connectivity index (χ0n) is 8.02. The molecule has 0 bridgehead atoms. The van der Waals surface area contributed by atoms with Crippen LogP contribution in [0.3, 0.4) is 0 Å². The number of hydrogen-bond acceptors (Lipinski definition) is 5. The van der Waals surface area contributed by atoms with Gasteiger partial charge < -0.3 is 9.64 Å². The van der Waals surface area contributed by atoms with Crippen LogP contribution in [0.2, 0.25) is 5.15 Å². The van der Waals surface area contributed by atoms with Crippen molar-refractivity contribution in [3.63, 3.8) is 0 Å². The number of ether oxygens (including phenoxy) is 1. The lowest BCUT2D eigenvalue weighted by Gasteiger charge is -2.28. The number of nitrogens with zero attached hydrogens (tertiary/aromatic N) is 3. The van der Waals surface area contributed by atoms with Crippen LogP contribution in [0.1, 0.15) is 10.4 Å². The monoisotopic (exact) mass is 227 g/mol. The first-order valence-electron chi connectivity index (χ1n) is 4.61. The number of halogens is 1. The first-order chi connectivity index (χ1) is 7.33. The minimum absolute atomic E-state index is 0.196. The van der Waals surface area contributed by atoms with Crippen molar-refractivity contribution in [1.29, 1.82) is 0 Å². The van der Waals surface area contributed by atoms with Crippen LogP contribution in [0.25, 0.3) is 0 Å². The molecule has 5 nitrogen and oxygen atoms in total. The molecule has 0 spiro atoms. The molecule has 0 aliphatic carbocycles. The molecule has 80 valence electrons. The largest absolute Gasteiger partial charge is 0.378 e. The van der Waals surface area contributed by atoms with Crippen molar-refractivity contribution in [2.45, 2.75) is 0 Å². The summed E-state index contributed by atoms with van der Waals surface area (Å²) in [6.07, 6.45) is 2.05. The highest BCUT2D eigenvalue weighted by molar-refractivity contribution is 6.32. The van der Waals surface area contributed by atoms with Crippen molar-refractivity contribution in [3.8, 4) is 0 Å². The Bertz CT molecular complexity index is 366. The van der Waals surface area contributed by atoms with E-state index < -0.39 is 0 Å². The van der Waals surface area contributed by atoms with Gasteiger partial charge in [-0.05, 0) is 0 Å². The molecule has 0 saturated carbocycles. The number of aromatic nitrogens is 2. The van der Waals surface area contributed by atoms with E-state index in [1.807, 2.05) is 4.90 Å². The third-order valence-electron chi connectivity index (χ3n) is 2.24. The Balaban J connectivity index is 2.33. The number of rotatable bonds is 2. The van der Waals surface area contributed by atoms with Crippen molar-refractivity contribution in [1.82, 2.24) is 9.97 Å². The molecular weight excluding hydrogens is 218 g/mol. The number of carbonyl (C=O) groups is 1. The van der Waals surface area contributed by atoms with Crippen molar-refractivity contribution >= 4 is 23.7 Å². The van der Waals surface area contributed by atoms with Gasteiger partial charge in [-0.2, -0.15) is 0 Å². The Morgan fingerprint density at radius 3 is 2.80 bits per heavy atom. The third-order valence-corrected chi connectivity index (χ3v) is 2.54. The molecule has 1 saturated heterocycles. The Morgan fingerprint density at radius 2 is 2.13 bits per heavy atom. The van der Waals surface area contributed by atoms with Crippen molar-refractivity contribution in [2.75, 3.05) is 31.2 Å². The predicted molar refractivity (Wildman–Crippen MR) is 55.5 cm³/mol. The molecule has 0 aromatic carbocycles. The molecule has 1 aromatic rings. The fourth-order valence-corrected chi connectivity index (χ4v) is 1.67. The van der Waals surface area contributed by atoms with Gasteiger partial charge in [0, 0.05) is 13.1 Å². The summed E-state index contributed by atoms with van der Waals surface area (Å²) in [7, 11) is 0. The average molecular weight is 228 g/mol. The van der Waals surface area contributed by atoms with Gasteiger partial charge in [0.1, 0.15) is 17.3 Å². The first kappa shape index (κ1) is 10.3. The average Bonchev–Trinajstić information content (AvgIpc) is 2.30. The van der Waals surface area contributed by atoms with Gasteiger partial charge in [-0.3, -0.25) is 4.79 Å². The molecular formula is C9H10ClN3O2. The molecule has 6 heteroatoms. The lowest BCUT2D eigenvalue weighted by molar-refractivity contribution is 0.111. The number of carbonyl (C=O) groups excluding carboxylic acids is 1. The number of aldehydes is 1. The van der Waals surface area contributed by atoms with Crippen molar-refractivity contribution in [3.05, 3.63) is 17.0 Å². The minimum atomic E-state index is 0.196. The second-order valence-corrected chi connectivity index (χ2v) is 3.48. The highest BCUT2D eigenvalue weighted by Gasteiger charge is 2.18. The summed E-state index contributed by atoms with van der Waals surface area (Å²) in [5.41, 5.74) is 0.348. The number of anilines is 1. The second kappa shape index (κ2) is 4.55. The van der Waals surface area contributed by atoms with Crippen molar-refractivity contribution < 1.29 is 9.53 Å². The topological polar surface area (TPSA) is 55.3 Å². The summed E-state index contributed by atoms with van der Waals surface area (Å²) in [6, 6.07) is 0. The molecule has 1 aliphatic rings. The maximum atomic E-state index is 10.9. The van der Waals surface area contributed by atoms with Gasteiger partial charge in [0.2, 0.25) is 0 Å². The Kier molecular flexibility index (Phi) is 3.13. The highest BCUT2D eigenvalue weighted by atomic mass is 35.5. The SMILES string of the molecule is O=Cc1c(Cl)ncnc1N1CCOCC1. The number of morpholine rings is 1. The molecule has 1 fully saturated rings. The van der Waals surface area contributed by atoms with Crippen LogP contribution in [0.15, 0.2) is 6.33 Å². The molecule has 2 rings (SSSR count). The minimum Gasteiger partial charge on any atom is -0.378 e. The Morgan fingerprint density at radius 1 is 1.40 bits per heavy atom. The standard InChI is InChI=1S/C9H10ClN3O2/c10-8-7(5-14)9(12-6-11-8)13-1-3-15-4-2-13/h5-6H,1-4H2. The molecule has 0 amide bonds. The van der Waals surface area contributed by atoms with E-state index in [4.69, 9.17) is 16.3 Å². The van der Waals surface area contributed by atoms with Gasteiger partial charge in [0.25, 0.3) is 0 Å². The van der Waals surface area contributed by atoms with E-state index in [-0.39, 0.29) is 5.15 Å². The lowest BCUT2D eigenvalue weighted by atomic mass is 10.3. The van der Waals surface area contributed by atoms with Crippen LogP contribution >= 0.6 is 11.6 Å². The van der Waals surface area contributed by atoms with Gasteiger partial charge in [-0.25, -0.2) is 9.97 Å². The molecule has 1 aliphatic heterocycles. The van der Waals surface area contributed by atoms with E-state index in [2.05, 4.69) is 9.97 Å². The normalized spacial score (nSPS) is 16.5. The zero-order valence-corrected chi connectivity index (χ0v) is 8.78. The maximum absolute atomic E-state index is 10.9. The lowest BCUT2D eigenvalue weighted by Crippen LogP contribution is -2.37. The van der Waals surface area contributed by atoms with Gasteiger partial charge in [-0.1, -0.05) is 11.6 Å². The smallest absolute Gasteiger partial charge is 0.156 e. The predicted octanol–water partition coefficient (Wildman–Crippen LogP) is 0.779. The van der Waals surface area contributed by atoms with Crippen LogP contribution in [0, 0.1) is 0 Å². The van der Waals surface area contributed by atoms with Gasteiger partial charge in [0.05, 0.1) is 18.8 Å². The fourth-order valence-electron chi connectivity index (χ4n) is 1.49. The fraction of sp³-hybridized carbons (Fsp3) is 0.444. The summed E-state index contributed by atoms with van der Waals surface area (Å²) in [4.78, 5) is 20.7. The summed E-state index contributed by atoms with van der Waals surface area (Å²) < 4.78 is 5.22. The van der Waals surface area contributed by atoms with Gasteiger partial charge in [-0.15, -0.1) is 0 Å². The van der Waals surface area contributed by atoms with E-state index in [0.717, 1.165) is 0 Å². The molecule has 0 unspecified atom stereocenters. The summed E-state index contributed by atoms with van der Waals surface area (Å²) >= 11 is 5.81.